The van der Waals surface area contributed by atoms with Crippen molar-refractivity contribution in [1.82, 2.24) is 20.0 Å². The molecule has 16 heavy (non-hydrogen) atoms. The molecule has 1 aromatic heterocycles. The second kappa shape index (κ2) is 5.46. The van der Waals surface area contributed by atoms with E-state index in [1.54, 1.807) is 0 Å². The molecule has 1 unspecified atom stereocenters. The summed E-state index contributed by atoms with van der Waals surface area (Å²) in [5.74, 6) is 0.812. The molecular weight excluding hydrogens is 200 g/mol. The Morgan fingerprint density at radius 1 is 1.56 bits per heavy atom. The highest BCUT2D eigenvalue weighted by molar-refractivity contribution is 5.00. The van der Waals surface area contributed by atoms with E-state index in [0.29, 0.717) is 0 Å². The fourth-order valence-electron chi connectivity index (χ4n) is 2.54. The lowest BCUT2D eigenvalue weighted by atomic mass is 9.98. The van der Waals surface area contributed by atoms with Crippen LogP contribution in [0.1, 0.15) is 18.5 Å². The molecule has 0 amide bonds. The normalized spacial score (nSPS) is 22.5. The molecule has 1 saturated heterocycles. The molecular formula is C12H22N4. The fourth-order valence-corrected chi connectivity index (χ4v) is 2.54. The molecule has 0 bridgehead atoms. The van der Waals surface area contributed by atoms with E-state index < -0.39 is 0 Å². The molecule has 1 aliphatic heterocycles. The maximum atomic E-state index is 4.22. The highest BCUT2D eigenvalue weighted by Gasteiger charge is 2.19. The SMILES string of the molecule is CNCC1CCCN(Cc2ccnn2C)C1. The van der Waals surface area contributed by atoms with Gasteiger partial charge >= 0.3 is 0 Å². The van der Waals surface area contributed by atoms with E-state index in [0.717, 1.165) is 19.0 Å². The first-order chi connectivity index (χ1) is 7.79. The van der Waals surface area contributed by atoms with Crippen LogP contribution >= 0.6 is 0 Å². The first-order valence-electron chi connectivity index (χ1n) is 6.13. The van der Waals surface area contributed by atoms with Gasteiger partial charge in [-0.15, -0.1) is 0 Å². The third kappa shape index (κ3) is 2.83. The number of likely N-dealkylation sites (tertiary alicyclic amines) is 1. The van der Waals surface area contributed by atoms with Crippen LogP contribution in [-0.4, -0.2) is 41.4 Å². The van der Waals surface area contributed by atoms with Crippen LogP contribution in [0.25, 0.3) is 0 Å². The molecule has 0 aromatic carbocycles. The third-order valence-corrected chi connectivity index (χ3v) is 3.40. The van der Waals surface area contributed by atoms with Gasteiger partial charge < -0.3 is 5.32 Å². The van der Waals surface area contributed by atoms with Crippen LogP contribution in [-0.2, 0) is 13.6 Å². The number of nitrogens with one attached hydrogen (secondary N) is 1. The van der Waals surface area contributed by atoms with Crippen molar-refractivity contribution in [3.8, 4) is 0 Å². The average molecular weight is 222 g/mol. The van der Waals surface area contributed by atoms with Gasteiger partial charge in [0.15, 0.2) is 0 Å². The van der Waals surface area contributed by atoms with Crippen molar-refractivity contribution < 1.29 is 0 Å². The highest BCUT2D eigenvalue weighted by Crippen LogP contribution is 2.17. The predicted octanol–water partition coefficient (Wildman–Crippen LogP) is 0.851. The Morgan fingerprint density at radius 3 is 3.12 bits per heavy atom. The summed E-state index contributed by atoms with van der Waals surface area (Å²) in [5.41, 5.74) is 1.31. The lowest BCUT2D eigenvalue weighted by molar-refractivity contribution is 0.163. The Morgan fingerprint density at radius 2 is 2.44 bits per heavy atom. The van der Waals surface area contributed by atoms with Gasteiger partial charge in [0.1, 0.15) is 0 Å². The van der Waals surface area contributed by atoms with Crippen LogP contribution in [0.15, 0.2) is 12.3 Å². The van der Waals surface area contributed by atoms with Crippen LogP contribution in [0, 0.1) is 5.92 Å². The van der Waals surface area contributed by atoms with E-state index in [-0.39, 0.29) is 0 Å². The molecule has 1 aromatic rings. The molecule has 1 aliphatic rings. The highest BCUT2D eigenvalue weighted by atomic mass is 15.3. The Labute approximate surface area is 97.6 Å². The Balaban J connectivity index is 1.88. The maximum Gasteiger partial charge on any atom is 0.0521 e. The van der Waals surface area contributed by atoms with E-state index in [2.05, 4.69) is 21.4 Å². The van der Waals surface area contributed by atoms with Gasteiger partial charge in [-0.2, -0.15) is 5.10 Å². The largest absolute Gasteiger partial charge is 0.319 e. The van der Waals surface area contributed by atoms with E-state index in [1.165, 1.54) is 31.6 Å². The number of nitrogens with zero attached hydrogens (tertiary/aromatic N) is 3. The van der Waals surface area contributed by atoms with Gasteiger partial charge in [-0.3, -0.25) is 9.58 Å². The molecule has 4 nitrogen and oxygen atoms in total. The number of aryl methyl sites for hydroxylation is 1. The Bertz CT molecular complexity index is 319. The molecule has 90 valence electrons. The summed E-state index contributed by atoms with van der Waals surface area (Å²) in [6, 6.07) is 2.11. The zero-order valence-electron chi connectivity index (χ0n) is 10.3. The van der Waals surface area contributed by atoms with Crippen molar-refractivity contribution in [2.75, 3.05) is 26.7 Å². The smallest absolute Gasteiger partial charge is 0.0521 e. The number of aromatic nitrogens is 2. The first kappa shape index (κ1) is 11.6. The molecule has 1 fully saturated rings. The van der Waals surface area contributed by atoms with Crippen LogP contribution in [0.2, 0.25) is 0 Å². The molecule has 1 atom stereocenters. The lowest BCUT2D eigenvalue weighted by Gasteiger charge is -2.32. The molecule has 1 N–H and O–H groups in total. The number of piperidine rings is 1. The summed E-state index contributed by atoms with van der Waals surface area (Å²) in [6.07, 6.45) is 4.57. The molecule has 2 rings (SSSR count). The van der Waals surface area contributed by atoms with Crippen LogP contribution in [0.3, 0.4) is 0 Å². The van der Waals surface area contributed by atoms with E-state index in [9.17, 15) is 0 Å². The molecule has 0 saturated carbocycles. The average Bonchev–Trinajstić information content (AvgIpc) is 2.66. The van der Waals surface area contributed by atoms with Crippen LogP contribution in [0.4, 0.5) is 0 Å². The second-order valence-electron chi connectivity index (χ2n) is 4.75. The maximum absolute atomic E-state index is 4.22. The third-order valence-electron chi connectivity index (χ3n) is 3.40. The molecule has 4 heteroatoms. The number of rotatable bonds is 4. The van der Waals surface area contributed by atoms with Crippen molar-refractivity contribution in [2.24, 2.45) is 13.0 Å². The summed E-state index contributed by atoms with van der Waals surface area (Å²) in [4.78, 5) is 2.54. The molecule has 0 radical (unpaired) electrons. The quantitative estimate of drug-likeness (QED) is 0.820. The van der Waals surface area contributed by atoms with E-state index in [1.807, 2.05) is 25.0 Å². The number of hydrogen-bond donors (Lipinski definition) is 1. The second-order valence-corrected chi connectivity index (χ2v) is 4.75. The first-order valence-corrected chi connectivity index (χ1v) is 6.13. The zero-order chi connectivity index (χ0) is 11.4. The monoisotopic (exact) mass is 222 g/mol. The standard InChI is InChI=1S/C12H22N4/c1-13-8-11-4-3-7-16(9-11)10-12-5-6-14-15(12)2/h5-6,11,13H,3-4,7-10H2,1-2H3. The van der Waals surface area contributed by atoms with Gasteiger partial charge in [-0.05, 0) is 45.0 Å². The minimum Gasteiger partial charge on any atom is -0.319 e. The topological polar surface area (TPSA) is 33.1 Å². The van der Waals surface area contributed by atoms with Gasteiger partial charge in [0.05, 0.1) is 5.69 Å². The van der Waals surface area contributed by atoms with Crippen molar-refractivity contribution >= 4 is 0 Å². The van der Waals surface area contributed by atoms with E-state index >= 15 is 0 Å². The summed E-state index contributed by atoms with van der Waals surface area (Å²) in [5, 5.41) is 7.50. The minimum atomic E-state index is 0.812. The van der Waals surface area contributed by atoms with Gasteiger partial charge in [-0.25, -0.2) is 0 Å². The zero-order valence-corrected chi connectivity index (χ0v) is 10.3. The summed E-state index contributed by atoms with van der Waals surface area (Å²) >= 11 is 0. The van der Waals surface area contributed by atoms with Crippen molar-refractivity contribution in [3.05, 3.63) is 18.0 Å². The summed E-state index contributed by atoms with van der Waals surface area (Å²) in [7, 11) is 4.06. The van der Waals surface area contributed by atoms with Crippen molar-refractivity contribution in [2.45, 2.75) is 19.4 Å². The van der Waals surface area contributed by atoms with Crippen molar-refractivity contribution in [1.29, 1.82) is 0 Å². The summed E-state index contributed by atoms with van der Waals surface area (Å²) < 4.78 is 1.97. The summed E-state index contributed by atoms with van der Waals surface area (Å²) in [6.45, 7) is 4.62. The van der Waals surface area contributed by atoms with Crippen LogP contribution in [0.5, 0.6) is 0 Å². The van der Waals surface area contributed by atoms with Gasteiger partial charge in [0.2, 0.25) is 0 Å². The number of hydrogen-bond acceptors (Lipinski definition) is 3. The fraction of sp³-hybridized carbons (Fsp3) is 0.750. The Hall–Kier alpha value is -0.870. The van der Waals surface area contributed by atoms with E-state index in [4.69, 9.17) is 0 Å². The van der Waals surface area contributed by atoms with Gasteiger partial charge in [-0.1, -0.05) is 0 Å². The Kier molecular flexibility index (Phi) is 3.96. The lowest BCUT2D eigenvalue weighted by Crippen LogP contribution is -2.38. The minimum absolute atomic E-state index is 0.812. The van der Waals surface area contributed by atoms with Crippen molar-refractivity contribution in [3.63, 3.8) is 0 Å². The van der Waals surface area contributed by atoms with Crippen LogP contribution < -0.4 is 5.32 Å². The van der Waals surface area contributed by atoms with Gasteiger partial charge in [0, 0.05) is 26.3 Å². The molecule has 0 aliphatic carbocycles. The molecule has 0 spiro atoms. The molecule has 2 heterocycles. The van der Waals surface area contributed by atoms with Gasteiger partial charge in [0.25, 0.3) is 0 Å². The predicted molar refractivity (Wildman–Crippen MR) is 65.1 cm³/mol.